The number of hydrogen-bond acceptors (Lipinski definition) is 6. The molecule has 0 bridgehead atoms. The Bertz CT molecular complexity index is 1290. The summed E-state index contributed by atoms with van der Waals surface area (Å²) in [6.45, 7) is 8.68. The third kappa shape index (κ3) is 5.75. The van der Waals surface area contributed by atoms with E-state index in [4.69, 9.17) is 0 Å². The number of carboxylic acids is 1. The molecule has 1 aliphatic heterocycles. The van der Waals surface area contributed by atoms with Gasteiger partial charge in [-0.1, -0.05) is 25.1 Å². The van der Waals surface area contributed by atoms with Gasteiger partial charge in [0.05, 0.1) is 22.4 Å². The van der Waals surface area contributed by atoms with Crippen LogP contribution in [0, 0.1) is 5.41 Å². The van der Waals surface area contributed by atoms with Crippen molar-refractivity contribution in [2.45, 2.75) is 50.8 Å². The lowest BCUT2D eigenvalue weighted by Gasteiger charge is -2.35. The molecule has 2 aromatic carbocycles. The van der Waals surface area contributed by atoms with E-state index in [0.29, 0.717) is 24.3 Å². The highest BCUT2D eigenvalue weighted by Crippen LogP contribution is 2.38. The van der Waals surface area contributed by atoms with Crippen molar-refractivity contribution < 1.29 is 23.1 Å². The summed E-state index contributed by atoms with van der Waals surface area (Å²) in [4.78, 5) is 27.1. The molecule has 10 heteroatoms. The summed E-state index contributed by atoms with van der Waals surface area (Å²) >= 11 is 0. The summed E-state index contributed by atoms with van der Waals surface area (Å²) in [5, 5.41) is 16.4. The van der Waals surface area contributed by atoms with Gasteiger partial charge in [-0.2, -0.15) is 0 Å². The Morgan fingerprint density at radius 3 is 2.51 bits per heavy atom. The number of piperazine rings is 1. The van der Waals surface area contributed by atoms with Crippen LogP contribution >= 0.6 is 0 Å². The van der Waals surface area contributed by atoms with E-state index in [9.17, 15) is 23.1 Å². The molecule has 4 N–H and O–H groups in total. The number of carboxylic acid groups (broad SMARTS) is 1. The van der Waals surface area contributed by atoms with Gasteiger partial charge in [-0.05, 0) is 68.4 Å². The Kier molecular flexibility index (Phi) is 7.80. The molecule has 2 aliphatic rings. The van der Waals surface area contributed by atoms with Crippen LogP contribution in [0.2, 0.25) is 0 Å². The Balaban J connectivity index is 1.59. The van der Waals surface area contributed by atoms with Gasteiger partial charge in [-0.25, -0.2) is 13.2 Å². The Hall–Kier alpha value is -3.11. The predicted molar refractivity (Wildman–Crippen MR) is 144 cm³/mol. The number of carbonyl (C=O) groups is 2. The number of anilines is 2. The lowest BCUT2D eigenvalue weighted by atomic mass is 9.80. The number of para-hydroxylation sites is 1. The molecular weight excluding hydrogens is 492 g/mol. The van der Waals surface area contributed by atoms with E-state index in [1.165, 1.54) is 6.07 Å². The second-order valence-electron chi connectivity index (χ2n) is 10.5. The van der Waals surface area contributed by atoms with E-state index in [1.807, 2.05) is 31.7 Å². The van der Waals surface area contributed by atoms with E-state index in [-0.39, 0.29) is 34.5 Å². The molecule has 37 heavy (non-hydrogen) atoms. The van der Waals surface area contributed by atoms with Crippen molar-refractivity contribution in [1.82, 2.24) is 10.2 Å². The van der Waals surface area contributed by atoms with E-state index in [0.717, 1.165) is 37.9 Å². The Morgan fingerprint density at radius 1 is 1.11 bits per heavy atom. The van der Waals surface area contributed by atoms with Crippen molar-refractivity contribution in [2.75, 3.05) is 42.8 Å². The van der Waals surface area contributed by atoms with Gasteiger partial charge >= 0.3 is 5.97 Å². The number of aromatic carboxylic acids is 1. The largest absolute Gasteiger partial charge is 0.478 e. The van der Waals surface area contributed by atoms with Gasteiger partial charge in [-0.15, -0.1) is 0 Å². The number of benzene rings is 2. The second-order valence-corrected chi connectivity index (χ2v) is 12.2. The van der Waals surface area contributed by atoms with E-state index in [2.05, 4.69) is 15.4 Å². The van der Waals surface area contributed by atoms with Crippen molar-refractivity contribution in [1.29, 1.82) is 0 Å². The highest BCUT2D eigenvalue weighted by Gasteiger charge is 2.33. The van der Waals surface area contributed by atoms with Crippen LogP contribution in [-0.2, 0) is 21.2 Å². The normalized spacial score (nSPS) is 18.1. The zero-order valence-electron chi connectivity index (χ0n) is 21.6. The molecule has 9 nitrogen and oxygen atoms in total. The summed E-state index contributed by atoms with van der Waals surface area (Å²) in [5.74, 6) is -1.11. The molecule has 1 aliphatic carbocycles. The summed E-state index contributed by atoms with van der Waals surface area (Å²) in [5.41, 5.74) is 1.33. The van der Waals surface area contributed by atoms with Gasteiger partial charge in [0, 0.05) is 32.7 Å². The molecule has 0 saturated carbocycles. The van der Waals surface area contributed by atoms with Crippen molar-refractivity contribution in [3.8, 4) is 0 Å². The molecule has 1 amide bonds. The van der Waals surface area contributed by atoms with Crippen LogP contribution < -0.4 is 15.4 Å². The third-order valence-corrected chi connectivity index (χ3v) is 8.67. The molecule has 0 radical (unpaired) electrons. The number of hydrogen-bond donors (Lipinski definition) is 4. The average molecular weight is 529 g/mol. The standard InChI is InChI=1S/C27H36N4O5S/c1-18-7-6-8-19-11-12-21(24(23(18)19)25(32)33)30-37(35,36)22-10-5-4-9-20(22)29-17-27(2,3)26(34)31-15-13-28-14-16-31/h4-5,9-12,18,28-30H,6-8,13-17H2,1-3H3,(H,32,33). The maximum Gasteiger partial charge on any atom is 0.338 e. The minimum atomic E-state index is -4.13. The fourth-order valence-corrected chi connectivity index (χ4v) is 6.49. The number of fused-ring (bicyclic) bond motifs is 1. The molecule has 0 spiro atoms. The number of nitrogens with zero attached hydrogens (tertiary/aromatic N) is 1. The van der Waals surface area contributed by atoms with Crippen molar-refractivity contribution in [3.63, 3.8) is 0 Å². The van der Waals surface area contributed by atoms with Crippen LogP contribution in [0.4, 0.5) is 11.4 Å². The van der Waals surface area contributed by atoms with Gasteiger partial charge in [0.1, 0.15) is 4.90 Å². The predicted octanol–water partition coefficient (Wildman–Crippen LogP) is 3.50. The molecule has 0 aromatic heterocycles. The highest BCUT2D eigenvalue weighted by atomic mass is 32.2. The van der Waals surface area contributed by atoms with Crippen molar-refractivity contribution >= 4 is 33.3 Å². The molecule has 1 heterocycles. The summed E-state index contributed by atoms with van der Waals surface area (Å²) in [7, 11) is -4.13. The van der Waals surface area contributed by atoms with Crippen LogP contribution in [0.5, 0.6) is 0 Å². The SMILES string of the molecule is CC1CCCc2ccc(NS(=O)(=O)c3ccccc3NCC(C)(C)C(=O)N3CCNCC3)c(C(=O)O)c21. The topological polar surface area (TPSA) is 128 Å². The van der Waals surface area contributed by atoms with Crippen molar-refractivity contribution in [3.05, 3.63) is 53.1 Å². The first-order chi connectivity index (χ1) is 17.5. The molecule has 1 atom stereocenters. The van der Waals surface area contributed by atoms with E-state index < -0.39 is 21.4 Å². The fourth-order valence-electron chi connectivity index (χ4n) is 5.24. The van der Waals surface area contributed by atoms with Gasteiger partial charge in [-0.3, -0.25) is 9.52 Å². The van der Waals surface area contributed by atoms with E-state index in [1.54, 1.807) is 24.3 Å². The monoisotopic (exact) mass is 528 g/mol. The molecule has 1 fully saturated rings. The van der Waals surface area contributed by atoms with Crippen LogP contribution in [-0.4, -0.2) is 63.0 Å². The second kappa shape index (κ2) is 10.7. The minimum absolute atomic E-state index is 0.00856. The zero-order chi connectivity index (χ0) is 26.8. The quantitative estimate of drug-likeness (QED) is 0.413. The number of amides is 1. The third-order valence-electron chi connectivity index (χ3n) is 7.25. The van der Waals surface area contributed by atoms with Gasteiger partial charge in [0.25, 0.3) is 10.0 Å². The first-order valence-electron chi connectivity index (χ1n) is 12.8. The Morgan fingerprint density at radius 2 is 1.81 bits per heavy atom. The molecular formula is C27H36N4O5S. The van der Waals surface area contributed by atoms with Gasteiger partial charge in [0.15, 0.2) is 0 Å². The first kappa shape index (κ1) is 26.9. The molecule has 2 aromatic rings. The van der Waals surface area contributed by atoms with Crippen LogP contribution in [0.15, 0.2) is 41.3 Å². The summed E-state index contributed by atoms with van der Waals surface area (Å²) in [6.07, 6.45) is 2.62. The lowest BCUT2D eigenvalue weighted by molar-refractivity contribution is -0.140. The van der Waals surface area contributed by atoms with Crippen LogP contribution in [0.1, 0.15) is 61.0 Å². The van der Waals surface area contributed by atoms with Crippen LogP contribution in [0.25, 0.3) is 0 Å². The number of carbonyl (C=O) groups excluding carboxylic acids is 1. The summed E-state index contributed by atoms with van der Waals surface area (Å²) in [6, 6.07) is 9.82. The van der Waals surface area contributed by atoms with Gasteiger partial charge in [0.2, 0.25) is 5.91 Å². The number of aryl methyl sites for hydroxylation is 1. The number of rotatable bonds is 8. The summed E-state index contributed by atoms with van der Waals surface area (Å²) < 4.78 is 29.6. The zero-order valence-corrected chi connectivity index (χ0v) is 22.5. The Labute approximate surface area is 218 Å². The highest BCUT2D eigenvalue weighted by molar-refractivity contribution is 7.92. The maximum atomic E-state index is 13.5. The van der Waals surface area contributed by atoms with Crippen LogP contribution in [0.3, 0.4) is 0 Å². The smallest absolute Gasteiger partial charge is 0.338 e. The minimum Gasteiger partial charge on any atom is -0.478 e. The average Bonchev–Trinajstić information content (AvgIpc) is 2.87. The number of sulfonamides is 1. The van der Waals surface area contributed by atoms with Crippen molar-refractivity contribution in [2.24, 2.45) is 5.41 Å². The van der Waals surface area contributed by atoms with Gasteiger partial charge < -0.3 is 20.6 Å². The fraction of sp³-hybridized carbons (Fsp3) is 0.481. The molecule has 200 valence electrons. The molecule has 1 unspecified atom stereocenters. The molecule has 4 rings (SSSR count). The first-order valence-corrected chi connectivity index (χ1v) is 14.2. The lowest BCUT2D eigenvalue weighted by Crippen LogP contribution is -2.52. The number of nitrogens with one attached hydrogen (secondary N) is 3. The van der Waals surface area contributed by atoms with E-state index >= 15 is 0 Å². The molecule has 1 saturated heterocycles. The maximum absolute atomic E-state index is 13.5.